The molecule has 0 aliphatic carbocycles. The first-order valence-electron chi connectivity index (χ1n) is 9.05. The smallest absolute Gasteiger partial charge is 0.244 e. The molecular weight excluding hydrogens is 459 g/mol. The summed E-state index contributed by atoms with van der Waals surface area (Å²) in [5.74, 6) is -0.960. The van der Waals surface area contributed by atoms with Crippen LogP contribution in [0.3, 0.4) is 0 Å². The molecule has 1 aliphatic rings. The van der Waals surface area contributed by atoms with Crippen molar-refractivity contribution in [3.05, 3.63) is 76.5 Å². The van der Waals surface area contributed by atoms with Gasteiger partial charge in [-0.2, -0.15) is 0 Å². The van der Waals surface area contributed by atoms with E-state index in [1.54, 1.807) is 30.3 Å². The Bertz CT molecular complexity index is 1200. The molecule has 1 aliphatic heterocycles. The molecule has 29 heavy (non-hydrogen) atoms. The van der Waals surface area contributed by atoms with Crippen LogP contribution in [-0.4, -0.2) is 20.9 Å². The first-order valence-corrected chi connectivity index (χ1v) is 11.3. The Morgan fingerprint density at radius 2 is 1.79 bits per heavy atom. The number of halogens is 2. The number of hydrogen-bond donors (Lipinski definition) is 2. The predicted molar refractivity (Wildman–Crippen MR) is 112 cm³/mol. The van der Waals surface area contributed by atoms with Crippen LogP contribution in [0, 0.1) is 5.82 Å². The molecule has 1 amide bonds. The minimum atomic E-state index is -4.19. The van der Waals surface area contributed by atoms with Crippen molar-refractivity contribution in [1.29, 1.82) is 0 Å². The van der Waals surface area contributed by atoms with Crippen LogP contribution < -0.4 is 10.0 Å². The van der Waals surface area contributed by atoms with E-state index < -0.39 is 26.3 Å². The molecule has 150 valence electrons. The molecule has 1 saturated heterocycles. The van der Waals surface area contributed by atoms with Crippen molar-refractivity contribution in [3.8, 4) is 0 Å². The van der Waals surface area contributed by atoms with Gasteiger partial charge >= 0.3 is 0 Å². The SMILES string of the molecule is O=C1CCC(CNS(=O)(=O)c2c(Br)cc3ccccc3c2F)(c2ccccc2)N1. The molecular formula is C21H18BrFN2O3S. The number of nitrogens with one attached hydrogen (secondary N) is 2. The highest BCUT2D eigenvalue weighted by molar-refractivity contribution is 9.10. The summed E-state index contributed by atoms with van der Waals surface area (Å²) in [6.45, 7) is -0.0796. The van der Waals surface area contributed by atoms with Crippen molar-refractivity contribution < 1.29 is 17.6 Å². The fourth-order valence-electron chi connectivity index (χ4n) is 3.72. The number of amides is 1. The Morgan fingerprint density at radius 1 is 1.10 bits per heavy atom. The van der Waals surface area contributed by atoms with Crippen LogP contribution in [0.1, 0.15) is 18.4 Å². The van der Waals surface area contributed by atoms with Crippen molar-refractivity contribution in [2.75, 3.05) is 6.54 Å². The molecule has 1 unspecified atom stereocenters. The Hall–Kier alpha value is -2.29. The van der Waals surface area contributed by atoms with Gasteiger partial charge in [0.15, 0.2) is 5.82 Å². The maximum absolute atomic E-state index is 15.1. The van der Waals surface area contributed by atoms with E-state index in [9.17, 15) is 13.2 Å². The van der Waals surface area contributed by atoms with E-state index >= 15 is 4.39 Å². The molecule has 2 N–H and O–H groups in total. The van der Waals surface area contributed by atoms with Crippen LogP contribution >= 0.6 is 15.9 Å². The van der Waals surface area contributed by atoms with Crippen LogP contribution in [0.25, 0.3) is 10.8 Å². The summed E-state index contributed by atoms with van der Waals surface area (Å²) in [7, 11) is -4.19. The van der Waals surface area contributed by atoms with Crippen molar-refractivity contribution in [1.82, 2.24) is 10.0 Å². The van der Waals surface area contributed by atoms with Crippen molar-refractivity contribution in [2.45, 2.75) is 23.3 Å². The van der Waals surface area contributed by atoms with E-state index in [-0.39, 0.29) is 22.3 Å². The molecule has 1 fully saturated rings. The molecule has 0 saturated carbocycles. The Kier molecular flexibility index (Phi) is 5.18. The van der Waals surface area contributed by atoms with Crippen LogP contribution in [0.4, 0.5) is 4.39 Å². The summed E-state index contributed by atoms with van der Waals surface area (Å²) in [5.41, 5.74) is -0.0721. The molecule has 4 rings (SSSR count). The fraction of sp³-hybridized carbons (Fsp3) is 0.190. The normalized spacial score (nSPS) is 19.4. The monoisotopic (exact) mass is 476 g/mol. The van der Waals surface area contributed by atoms with Gasteiger partial charge in [0.2, 0.25) is 15.9 Å². The first kappa shape index (κ1) is 20.0. The lowest BCUT2D eigenvalue weighted by molar-refractivity contribution is -0.119. The summed E-state index contributed by atoms with van der Waals surface area (Å²) in [5, 5.41) is 3.72. The van der Waals surface area contributed by atoms with Gasteiger partial charge in [0.05, 0.1) is 5.54 Å². The second kappa shape index (κ2) is 7.51. The van der Waals surface area contributed by atoms with Crippen molar-refractivity contribution in [2.24, 2.45) is 0 Å². The molecule has 0 bridgehead atoms. The zero-order valence-electron chi connectivity index (χ0n) is 15.3. The highest BCUT2D eigenvalue weighted by Gasteiger charge is 2.40. The topological polar surface area (TPSA) is 75.3 Å². The number of carbonyl (C=O) groups excluding carboxylic acids is 1. The lowest BCUT2D eigenvalue weighted by atomic mass is 9.88. The number of sulfonamides is 1. The van der Waals surface area contributed by atoms with Gasteiger partial charge in [-0.15, -0.1) is 0 Å². The Balaban J connectivity index is 1.70. The van der Waals surface area contributed by atoms with Crippen LogP contribution in [0.2, 0.25) is 0 Å². The Labute approximate surface area is 176 Å². The zero-order valence-corrected chi connectivity index (χ0v) is 17.7. The predicted octanol–water partition coefficient (Wildman–Crippen LogP) is 3.83. The minimum absolute atomic E-state index is 0.0796. The molecule has 3 aromatic rings. The van der Waals surface area contributed by atoms with Gasteiger partial charge in [-0.05, 0) is 39.4 Å². The summed E-state index contributed by atoms with van der Waals surface area (Å²) in [4.78, 5) is 11.5. The standard InChI is InChI=1S/C21H18BrFN2O3S/c22-17-12-14-6-4-5-9-16(14)19(23)20(17)29(27,28)24-13-21(11-10-18(26)25-21)15-7-2-1-3-8-15/h1-9,12,24H,10-11,13H2,(H,25,26). The second-order valence-electron chi connectivity index (χ2n) is 7.04. The molecule has 3 aromatic carbocycles. The fourth-order valence-corrected chi connectivity index (χ4v) is 6.02. The van der Waals surface area contributed by atoms with E-state index in [1.807, 2.05) is 30.3 Å². The molecule has 8 heteroatoms. The molecule has 0 radical (unpaired) electrons. The number of benzene rings is 3. The van der Waals surface area contributed by atoms with E-state index in [2.05, 4.69) is 26.0 Å². The quantitative estimate of drug-likeness (QED) is 0.587. The molecule has 1 heterocycles. The van der Waals surface area contributed by atoms with Crippen molar-refractivity contribution in [3.63, 3.8) is 0 Å². The first-order chi connectivity index (χ1) is 13.8. The van der Waals surface area contributed by atoms with Gasteiger partial charge in [-0.1, -0.05) is 54.6 Å². The lowest BCUT2D eigenvalue weighted by Gasteiger charge is -2.30. The molecule has 1 atom stereocenters. The van der Waals surface area contributed by atoms with Gasteiger partial charge in [-0.3, -0.25) is 4.79 Å². The summed E-state index contributed by atoms with van der Waals surface area (Å²) in [6, 6.07) is 17.4. The highest BCUT2D eigenvalue weighted by Crippen LogP contribution is 2.34. The maximum atomic E-state index is 15.1. The van der Waals surface area contributed by atoms with Gasteiger partial charge in [0, 0.05) is 22.8 Å². The third-order valence-corrected chi connectivity index (χ3v) is 7.56. The number of carbonyl (C=O) groups is 1. The molecule has 0 aromatic heterocycles. The average molecular weight is 477 g/mol. The van der Waals surface area contributed by atoms with Gasteiger partial charge in [-0.25, -0.2) is 17.5 Å². The lowest BCUT2D eigenvalue weighted by Crippen LogP contribution is -2.48. The number of fused-ring (bicyclic) bond motifs is 1. The van der Waals surface area contributed by atoms with E-state index in [0.717, 1.165) is 5.56 Å². The van der Waals surface area contributed by atoms with Crippen LogP contribution in [-0.2, 0) is 20.4 Å². The summed E-state index contributed by atoms with van der Waals surface area (Å²) in [6.07, 6.45) is 0.740. The number of rotatable bonds is 5. The van der Waals surface area contributed by atoms with Crippen molar-refractivity contribution >= 4 is 42.6 Å². The van der Waals surface area contributed by atoms with Gasteiger partial charge in [0.25, 0.3) is 0 Å². The summed E-state index contributed by atoms with van der Waals surface area (Å²) < 4.78 is 43.8. The summed E-state index contributed by atoms with van der Waals surface area (Å²) >= 11 is 3.20. The Morgan fingerprint density at radius 3 is 2.48 bits per heavy atom. The maximum Gasteiger partial charge on any atom is 0.244 e. The van der Waals surface area contributed by atoms with Gasteiger partial charge in [0.1, 0.15) is 4.90 Å². The van der Waals surface area contributed by atoms with Crippen LogP contribution in [0.15, 0.2) is 70.0 Å². The second-order valence-corrected chi connectivity index (χ2v) is 9.60. The van der Waals surface area contributed by atoms with Gasteiger partial charge < -0.3 is 5.32 Å². The third-order valence-electron chi connectivity index (χ3n) is 5.21. The third kappa shape index (κ3) is 3.68. The largest absolute Gasteiger partial charge is 0.345 e. The zero-order chi connectivity index (χ0) is 20.6. The highest BCUT2D eigenvalue weighted by atomic mass is 79.9. The van der Waals surface area contributed by atoms with E-state index in [0.29, 0.717) is 18.2 Å². The number of hydrogen-bond acceptors (Lipinski definition) is 3. The van der Waals surface area contributed by atoms with E-state index in [1.165, 1.54) is 0 Å². The van der Waals surface area contributed by atoms with E-state index in [4.69, 9.17) is 0 Å². The minimum Gasteiger partial charge on any atom is -0.345 e. The molecule has 0 spiro atoms. The average Bonchev–Trinajstić information content (AvgIpc) is 3.09. The van der Waals surface area contributed by atoms with Crippen LogP contribution in [0.5, 0.6) is 0 Å². The molecule has 5 nitrogen and oxygen atoms in total.